The van der Waals surface area contributed by atoms with Gasteiger partial charge >= 0.3 is 5.97 Å². The molecular formula is C18H22N2O6. The minimum absolute atomic E-state index is 0.132. The van der Waals surface area contributed by atoms with E-state index in [1.807, 2.05) is 12.1 Å². The zero-order valence-corrected chi connectivity index (χ0v) is 14.6. The molecule has 140 valence electrons. The number of benzene rings is 1. The molecule has 0 radical (unpaired) electrons. The number of aromatic nitrogens is 2. The Kier molecular flexibility index (Phi) is 5.72. The molecule has 2 heterocycles. The topological polar surface area (TPSA) is 115 Å². The number of carboxylic acid groups (broad SMARTS) is 1. The second kappa shape index (κ2) is 8.18. The number of aliphatic carboxylic acids is 1. The quantitative estimate of drug-likeness (QED) is 0.652. The van der Waals surface area contributed by atoms with E-state index < -0.39 is 11.9 Å². The average molecular weight is 362 g/mol. The normalized spacial score (nSPS) is 15.0. The lowest BCUT2D eigenvalue weighted by Gasteiger charge is -2.20. The van der Waals surface area contributed by atoms with Crippen molar-refractivity contribution < 1.29 is 29.0 Å². The van der Waals surface area contributed by atoms with Crippen LogP contribution in [-0.4, -0.2) is 39.7 Å². The van der Waals surface area contributed by atoms with Crippen LogP contribution >= 0.6 is 0 Å². The Labute approximate surface area is 150 Å². The molecule has 0 saturated heterocycles. The average Bonchev–Trinajstić information content (AvgIpc) is 3.27. The Bertz CT molecular complexity index is 760. The van der Waals surface area contributed by atoms with Gasteiger partial charge in [-0.3, -0.25) is 4.79 Å². The summed E-state index contributed by atoms with van der Waals surface area (Å²) in [7, 11) is 0. The van der Waals surface area contributed by atoms with Gasteiger partial charge in [-0.2, -0.15) is 4.98 Å². The van der Waals surface area contributed by atoms with Crippen LogP contribution in [0.3, 0.4) is 0 Å². The molecule has 0 aliphatic carbocycles. The van der Waals surface area contributed by atoms with Gasteiger partial charge < -0.3 is 24.2 Å². The van der Waals surface area contributed by atoms with E-state index in [-0.39, 0.29) is 19.3 Å². The van der Waals surface area contributed by atoms with Crippen molar-refractivity contribution in [1.82, 2.24) is 10.1 Å². The number of nitrogens with zero attached hydrogens (tertiary/aromatic N) is 2. The number of fused-ring (bicyclic) bond motifs is 1. The standard InChI is InChI=1S/C18H22N2O6/c1-11(18(22)23)13(12-5-6-14-15(8-12)25-10-24-14)9-17-19-16(20-26-17)4-2-3-7-21/h5-6,8,11,13,21H,2-4,7,9-10H2,1H3,(H,22,23). The first-order valence-electron chi connectivity index (χ1n) is 8.63. The zero-order chi connectivity index (χ0) is 18.5. The van der Waals surface area contributed by atoms with Crippen LogP contribution in [0.2, 0.25) is 0 Å². The van der Waals surface area contributed by atoms with Crippen molar-refractivity contribution in [3.8, 4) is 11.5 Å². The molecule has 1 aliphatic heterocycles. The van der Waals surface area contributed by atoms with Gasteiger partial charge in [-0.25, -0.2) is 0 Å². The van der Waals surface area contributed by atoms with E-state index in [0.29, 0.717) is 42.5 Å². The Hall–Kier alpha value is -2.61. The van der Waals surface area contributed by atoms with E-state index in [0.717, 1.165) is 12.0 Å². The fourth-order valence-electron chi connectivity index (χ4n) is 2.96. The molecule has 1 aliphatic rings. The maximum Gasteiger partial charge on any atom is 0.306 e. The Balaban J connectivity index is 1.78. The first-order valence-corrected chi connectivity index (χ1v) is 8.63. The number of carboxylic acids is 1. The predicted molar refractivity (Wildman–Crippen MR) is 90.1 cm³/mol. The maximum absolute atomic E-state index is 11.6. The monoisotopic (exact) mass is 362 g/mol. The summed E-state index contributed by atoms with van der Waals surface area (Å²) in [6.45, 7) is 1.96. The van der Waals surface area contributed by atoms with Crippen LogP contribution in [0.25, 0.3) is 0 Å². The number of hydrogen-bond acceptors (Lipinski definition) is 7. The fraction of sp³-hybridized carbons (Fsp3) is 0.500. The molecule has 2 unspecified atom stereocenters. The third kappa shape index (κ3) is 4.13. The molecule has 26 heavy (non-hydrogen) atoms. The van der Waals surface area contributed by atoms with Gasteiger partial charge in [-0.1, -0.05) is 18.1 Å². The SMILES string of the molecule is CC(C(=O)O)C(Cc1nc(CCCCO)no1)c1ccc2c(c1)OCO2. The second-order valence-electron chi connectivity index (χ2n) is 6.34. The molecule has 0 spiro atoms. The summed E-state index contributed by atoms with van der Waals surface area (Å²) >= 11 is 0. The molecule has 0 saturated carbocycles. The van der Waals surface area contributed by atoms with E-state index in [4.69, 9.17) is 19.1 Å². The van der Waals surface area contributed by atoms with Crippen molar-refractivity contribution in [1.29, 1.82) is 0 Å². The summed E-state index contributed by atoms with van der Waals surface area (Å²) in [5.74, 6) is 0.364. The van der Waals surface area contributed by atoms with Gasteiger partial charge in [0, 0.05) is 25.4 Å². The molecule has 2 N–H and O–H groups in total. The highest BCUT2D eigenvalue weighted by atomic mass is 16.7. The van der Waals surface area contributed by atoms with Crippen LogP contribution in [0.15, 0.2) is 22.7 Å². The van der Waals surface area contributed by atoms with Crippen molar-refractivity contribution in [3.63, 3.8) is 0 Å². The van der Waals surface area contributed by atoms with Gasteiger partial charge in [-0.05, 0) is 30.5 Å². The van der Waals surface area contributed by atoms with Gasteiger partial charge in [0.05, 0.1) is 5.92 Å². The number of aliphatic hydroxyl groups excluding tert-OH is 1. The van der Waals surface area contributed by atoms with E-state index >= 15 is 0 Å². The zero-order valence-electron chi connectivity index (χ0n) is 14.6. The van der Waals surface area contributed by atoms with Gasteiger partial charge in [0.2, 0.25) is 12.7 Å². The molecular weight excluding hydrogens is 340 g/mol. The van der Waals surface area contributed by atoms with Gasteiger partial charge in [-0.15, -0.1) is 0 Å². The lowest BCUT2D eigenvalue weighted by Crippen LogP contribution is -2.21. The Morgan fingerprint density at radius 1 is 1.27 bits per heavy atom. The van der Waals surface area contributed by atoms with Gasteiger partial charge in [0.25, 0.3) is 0 Å². The minimum Gasteiger partial charge on any atom is -0.481 e. The molecule has 2 aromatic rings. The highest BCUT2D eigenvalue weighted by molar-refractivity contribution is 5.71. The van der Waals surface area contributed by atoms with E-state index in [1.165, 1.54) is 0 Å². The highest BCUT2D eigenvalue weighted by Gasteiger charge is 2.29. The lowest BCUT2D eigenvalue weighted by molar-refractivity contribution is -0.141. The summed E-state index contributed by atoms with van der Waals surface area (Å²) in [6.07, 6.45) is 2.39. The van der Waals surface area contributed by atoms with Crippen molar-refractivity contribution in [2.45, 2.75) is 38.5 Å². The van der Waals surface area contributed by atoms with Crippen molar-refractivity contribution in [2.75, 3.05) is 13.4 Å². The molecule has 8 nitrogen and oxygen atoms in total. The molecule has 3 rings (SSSR count). The number of rotatable bonds is 9. The molecule has 8 heteroatoms. The third-order valence-electron chi connectivity index (χ3n) is 4.53. The van der Waals surface area contributed by atoms with Gasteiger partial charge in [0.15, 0.2) is 17.3 Å². The predicted octanol–water partition coefficient (Wildman–Crippen LogP) is 2.16. The minimum atomic E-state index is -0.893. The third-order valence-corrected chi connectivity index (χ3v) is 4.53. The van der Waals surface area contributed by atoms with Crippen molar-refractivity contribution in [2.24, 2.45) is 5.92 Å². The summed E-state index contributed by atoms with van der Waals surface area (Å²) in [6, 6.07) is 5.44. The summed E-state index contributed by atoms with van der Waals surface area (Å²) in [5.41, 5.74) is 0.823. The number of unbranched alkanes of at least 4 members (excludes halogenated alkanes) is 1. The maximum atomic E-state index is 11.6. The molecule has 0 bridgehead atoms. The number of aliphatic hydroxyl groups is 1. The Morgan fingerprint density at radius 2 is 2.08 bits per heavy atom. The number of ether oxygens (including phenoxy) is 2. The largest absolute Gasteiger partial charge is 0.481 e. The summed E-state index contributed by atoms with van der Waals surface area (Å²) in [5, 5.41) is 22.3. The van der Waals surface area contributed by atoms with Crippen LogP contribution in [-0.2, 0) is 17.6 Å². The summed E-state index contributed by atoms with van der Waals surface area (Å²) in [4.78, 5) is 15.9. The molecule has 1 aromatic carbocycles. The van der Waals surface area contributed by atoms with Gasteiger partial charge in [0.1, 0.15) is 0 Å². The van der Waals surface area contributed by atoms with Crippen LogP contribution in [0.5, 0.6) is 11.5 Å². The number of hydrogen-bond donors (Lipinski definition) is 2. The number of carbonyl (C=O) groups is 1. The van der Waals surface area contributed by atoms with Crippen molar-refractivity contribution >= 4 is 5.97 Å². The molecule has 1 aromatic heterocycles. The second-order valence-corrected chi connectivity index (χ2v) is 6.34. The van der Waals surface area contributed by atoms with Crippen LogP contribution in [0.4, 0.5) is 0 Å². The van der Waals surface area contributed by atoms with E-state index in [1.54, 1.807) is 13.0 Å². The van der Waals surface area contributed by atoms with Crippen molar-refractivity contribution in [3.05, 3.63) is 35.5 Å². The van der Waals surface area contributed by atoms with E-state index in [2.05, 4.69) is 10.1 Å². The van der Waals surface area contributed by atoms with Crippen LogP contribution in [0, 0.1) is 5.92 Å². The first-order chi connectivity index (χ1) is 12.6. The summed E-state index contributed by atoms with van der Waals surface area (Å²) < 4.78 is 16.0. The van der Waals surface area contributed by atoms with E-state index in [9.17, 15) is 9.90 Å². The lowest BCUT2D eigenvalue weighted by atomic mass is 9.84. The fourth-order valence-corrected chi connectivity index (χ4v) is 2.96. The smallest absolute Gasteiger partial charge is 0.306 e. The molecule has 2 atom stereocenters. The highest BCUT2D eigenvalue weighted by Crippen LogP contribution is 2.37. The Morgan fingerprint density at radius 3 is 2.85 bits per heavy atom. The molecule has 0 fully saturated rings. The van der Waals surface area contributed by atoms with Crippen LogP contribution in [0.1, 0.15) is 43.0 Å². The molecule has 0 amide bonds. The first kappa shape index (κ1) is 18.2. The van der Waals surface area contributed by atoms with Crippen LogP contribution < -0.4 is 9.47 Å². The number of aryl methyl sites for hydroxylation is 1.